The van der Waals surface area contributed by atoms with Gasteiger partial charge in [-0.1, -0.05) is 12.1 Å². The molecule has 0 saturated heterocycles. The first-order chi connectivity index (χ1) is 12.7. The number of amides is 2. The predicted molar refractivity (Wildman–Crippen MR) is 87.7 cm³/mol. The largest absolute Gasteiger partial charge is 0.486 e. The van der Waals surface area contributed by atoms with E-state index in [1.165, 1.54) is 11.0 Å². The molecule has 0 bridgehead atoms. The van der Waals surface area contributed by atoms with Crippen molar-refractivity contribution in [3.63, 3.8) is 0 Å². The molecule has 2 aliphatic rings. The Bertz CT molecular complexity index is 1010. The highest BCUT2D eigenvalue weighted by molar-refractivity contribution is 6.35. The Balaban J connectivity index is 1.72. The van der Waals surface area contributed by atoms with Crippen molar-refractivity contribution in [2.24, 2.45) is 0 Å². The molecule has 0 fully saturated rings. The summed E-state index contributed by atoms with van der Waals surface area (Å²) in [6.07, 6.45) is 1.38. The van der Waals surface area contributed by atoms with E-state index in [1.807, 2.05) is 0 Å². The number of tetrazole rings is 1. The SMILES string of the molecule is O=C1c2ccccc2C(=O)N1c1cc2c(cc1-n1cnnn1)OCCO2. The number of carbonyl (C=O) groups excluding carboxylic acids is 2. The van der Waals surface area contributed by atoms with Gasteiger partial charge in [-0.15, -0.1) is 5.10 Å². The van der Waals surface area contributed by atoms with E-state index in [-0.39, 0.29) is 0 Å². The van der Waals surface area contributed by atoms with Crippen molar-refractivity contribution in [2.45, 2.75) is 0 Å². The first kappa shape index (κ1) is 14.6. The molecule has 0 radical (unpaired) electrons. The highest BCUT2D eigenvalue weighted by atomic mass is 16.6. The summed E-state index contributed by atoms with van der Waals surface area (Å²) in [5, 5.41) is 11.1. The number of benzene rings is 2. The quantitative estimate of drug-likeness (QED) is 0.642. The van der Waals surface area contributed by atoms with E-state index in [0.717, 1.165) is 4.90 Å². The zero-order chi connectivity index (χ0) is 17.7. The maximum atomic E-state index is 12.9. The second-order valence-corrected chi connectivity index (χ2v) is 5.73. The summed E-state index contributed by atoms with van der Waals surface area (Å²) >= 11 is 0. The first-order valence-electron chi connectivity index (χ1n) is 7.89. The number of carbonyl (C=O) groups is 2. The number of rotatable bonds is 2. The maximum absolute atomic E-state index is 12.9. The van der Waals surface area contributed by atoms with Gasteiger partial charge in [-0.3, -0.25) is 9.59 Å². The summed E-state index contributed by atoms with van der Waals surface area (Å²) in [5.74, 6) is 0.148. The molecule has 0 saturated carbocycles. The zero-order valence-corrected chi connectivity index (χ0v) is 13.3. The van der Waals surface area contributed by atoms with Crippen LogP contribution < -0.4 is 14.4 Å². The number of anilines is 1. The lowest BCUT2D eigenvalue weighted by atomic mass is 10.1. The van der Waals surface area contributed by atoms with Gasteiger partial charge in [-0.25, -0.2) is 4.90 Å². The molecule has 0 atom stereocenters. The van der Waals surface area contributed by atoms with Crippen LogP contribution in [0.3, 0.4) is 0 Å². The summed E-state index contributed by atoms with van der Waals surface area (Å²) in [5.41, 5.74) is 1.48. The topological polar surface area (TPSA) is 99.4 Å². The molecule has 9 heteroatoms. The van der Waals surface area contributed by atoms with Gasteiger partial charge in [0.2, 0.25) is 0 Å². The molecule has 0 unspecified atom stereocenters. The van der Waals surface area contributed by atoms with Crippen molar-refractivity contribution in [2.75, 3.05) is 18.1 Å². The zero-order valence-electron chi connectivity index (χ0n) is 13.3. The van der Waals surface area contributed by atoms with E-state index < -0.39 is 11.8 Å². The van der Waals surface area contributed by atoms with Crippen LogP contribution in [0.4, 0.5) is 5.69 Å². The van der Waals surface area contributed by atoms with Gasteiger partial charge in [0.15, 0.2) is 11.5 Å². The van der Waals surface area contributed by atoms with Gasteiger partial charge >= 0.3 is 0 Å². The molecule has 3 heterocycles. The van der Waals surface area contributed by atoms with Crippen LogP contribution in [-0.4, -0.2) is 45.2 Å². The normalized spacial score (nSPS) is 15.3. The molecule has 0 aliphatic carbocycles. The molecule has 3 aromatic rings. The van der Waals surface area contributed by atoms with Crippen molar-refractivity contribution in [1.29, 1.82) is 0 Å². The minimum atomic E-state index is -0.406. The van der Waals surface area contributed by atoms with Crippen LogP contribution in [0.25, 0.3) is 5.69 Å². The van der Waals surface area contributed by atoms with E-state index in [2.05, 4.69) is 15.5 Å². The van der Waals surface area contributed by atoms with Gasteiger partial charge in [0.05, 0.1) is 22.5 Å². The van der Waals surface area contributed by atoms with Crippen LogP contribution >= 0.6 is 0 Å². The molecule has 5 rings (SSSR count). The third-order valence-electron chi connectivity index (χ3n) is 4.27. The molecule has 1 aromatic heterocycles. The molecule has 128 valence electrons. The van der Waals surface area contributed by atoms with Crippen LogP contribution in [-0.2, 0) is 0 Å². The molecular formula is C17H11N5O4. The Labute approximate surface area is 146 Å². The summed E-state index contributed by atoms with van der Waals surface area (Å²) in [4.78, 5) is 26.9. The molecule has 9 nitrogen and oxygen atoms in total. The highest BCUT2D eigenvalue weighted by Gasteiger charge is 2.38. The average molecular weight is 349 g/mol. The number of fused-ring (bicyclic) bond motifs is 2. The van der Waals surface area contributed by atoms with Crippen molar-refractivity contribution in [3.8, 4) is 17.2 Å². The number of aromatic nitrogens is 4. The van der Waals surface area contributed by atoms with Gasteiger partial charge in [-0.05, 0) is 22.6 Å². The van der Waals surface area contributed by atoms with E-state index in [9.17, 15) is 9.59 Å². The standard InChI is InChI=1S/C17H11N5O4/c23-16-10-3-1-2-4-11(10)17(24)22(16)13-8-15-14(25-5-6-26-15)7-12(13)21-9-18-19-20-21/h1-4,7-9H,5-6H2. The van der Waals surface area contributed by atoms with Crippen LogP contribution in [0.5, 0.6) is 11.5 Å². The summed E-state index contributed by atoms with van der Waals surface area (Å²) in [6, 6.07) is 9.96. The highest BCUT2D eigenvalue weighted by Crippen LogP contribution is 2.41. The lowest BCUT2D eigenvalue weighted by Gasteiger charge is -2.23. The van der Waals surface area contributed by atoms with Crippen LogP contribution in [0.2, 0.25) is 0 Å². The summed E-state index contributed by atoms with van der Waals surface area (Å²) in [7, 11) is 0. The monoisotopic (exact) mass is 349 g/mol. The first-order valence-corrected chi connectivity index (χ1v) is 7.89. The third kappa shape index (κ3) is 2.00. The van der Waals surface area contributed by atoms with Crippen molar-refractivity contribution >= 4 is 17.5 Å². The smallest absolute Gasteiger partial charge is 0.266 e. The Morgan fingerprint density at radius 3 is 2.08 bits per heavy atom. The Morgan fingerprint density at radius 1 is 0.885 bits per heavy atom. The Morgan fingerprint density at radius 2 is 1.50 bits per heavy atom. The van der Waals surface area contributed by atoms with Gasteiger partial charge in [0, 0.05) is 12.1 Å². The summed E-state index contributed by atoms with van der Waals surface area (Å²) < 4.78 is 12.6. The van der Waals surface area contributed by atoms with Crippen LogP contribution in [0.1, 0.15) is 20.7 Å². The second-order valence-electron chi connectivity index (χ2n) is 5.73. The average Bonchev–Trinajstić information content (AvgIpc) is 3.29. The molecule has 0 spiro atoms. The lowest BCUT2D eigenvalue weighted by Crippen LogP contribution is -2.31. The van der Waals surface area contributed by atoms with E-state index in [1.54, 1.807) is 36.4 Å². The van der Waals surface area contributed by atoms with E-state index in [4.69, 9.17) is 9.47 Å². The van der Waals surface area contributed by atoms with Gasteiger partial charge in [0.25, 0.3) is 11.8 Å². The number of hydrogen-bond donors (Lipinski definition) is 0. The predicted octanol–water partition coefficient (Wildman–Crippen LogP) is 1.23. The fourth-order valence-electron chi connectivity index (χ4n) is 3.11. The molecule has 2 aliphatic heterocycles. The number of ether oxygens (including phenoxy) is 2. The van der Waals surface area contributed by atoms with E-state index >= 15 is 0 Å². The van der Waals surface area contributed by atoms with Crippen molar-refractivity contribution < 1.29 is 19.1 Å². The Kier molecular flexibility index (Phi) is 3.02. The summed E-state index contributed by atoms with van der Waals surface area (Å²) in [6.45, 7) is 0.799. The molecular weight excluding hydrogens is 338 g/mol. The number of hydrogen-bond acceptors (Lipinski definition) is 7. The second kappa shape index (κ2) is 5.38. The maximum Gasteiger partial charge on any atom is 0.266 e. The van der Waals surface area contributed by atoms with Gasteiger partial charge in [-0.2, -0.15) is 4.68 Å². The van der Waals surface area contributed by atoms with E-state index in [0.29, 0.717) is 47.2 Å². The van der Waals surface area contributed by atoms with Crippen molar-refractivity contribution in [1.82, 2.24) is 20.2 Å². The van der Waals surface area contributed by atoms with Crippen LogP contribution in [0.15, 0.2) is 42.7 Å². The Hall–Kier alpha value is -3.75. The molecule has 2 aromatic carbocycles. The van der Waals surface area contributed by atoms with Gasteiger partial charge in [0.1, 0.15) is 19.5 Å². The lowest BCUT2D eigenvalue weighted by molar-refractivity contribution is 0.0926. The molecule has 26 heavy (non-hydrogen) atoms. The minimum absolute atomic E-state index is 0.327. The molecule has 0 N–H and O–H groups in total. The minimum Gasteiger partial charge on any atom is -0.486 e. The third-order valence-corrected chi connectivity index (χ3v) is 4.27. The fourth-order valence-corrected chi connectivity index (χ4v) is 3.11. The molecule has 2 amide bonds. The number of nitrogens with zero attached hydrogens (tertiary/aromatic N) is 5. The number of imide groups is 1. The van der Waals surface area contributed by atoms with Gasteiger partial charge < -0.3 is 9.47 Å². The van der Waals surface area contributed by atoms with Crippen molar-refractivity contribution in [3.05, 3.63) is 53.9 Å². The fraction of sp³-hybridized carbons (Fsp3) is 0.118. The van der Waals surface area contributed by atoms with Crippen LogP contribution in [0, 0.1) is 0 Å².